The van der Waals surface area contributed by atoms with E-state index in [-0.39, 0.29) is 45.4 Å². The van der Waals surface area contributed by atoms with E-state index >= 15 is 0 Å². The van der Waals surface area contributed by atoms with E-state index in [4.69, 9.17) is 15.2 Å². The molecule has 15 heteroatoms. The fraction of sp³-hybridized carbons (Fsp3) is 0.400. The van der Waals surface area contributed by atoms with Gasteiger partial charge in [0, 0.05) is 24.1 Å². The Morgan fingerprint density at radius 1 is 1.29 bits per heavy atom. The molecule has 2 heterocycles. The zero-order valence-corrected chi connectivity index (χ0v) is 20.6. The second-order valence-corrected chi connectivity index (χ2v) is 9.07. The number of carbonyl (C=O) groups excluding carboxylic acids is 3. The average molecular weight is 578 g/mol. The number of aromatic nitrogens is 1. The van der Waals surface area contributed by atoms with E-state index in [0.29, 0.717) is 37.8 Å². The van der Waals surface area contributed by atoms with Gasteiger partial charge in [-0.1, -0.05) is 15.9 Å². The lowest BCUT2D eigenvalue weighted by molar-refractivity contribution is -0.137. The van der Waals surface area contributed by atoms with Crippen LogP contribution in [-0.4, -0.2) is 71.2 Å². The zero-order valence-electron chi connectivity index (χ0n) is 18.2. The second-order valence-electron chi connectivity index (χ2n) is 7.38. The van der Waals surface area contributed by atoms with Crippen molar-refractivity contribution in [3.05, 3.63) is 39.4 Å². The minimum atomic E-state index is -1.14. The molecule has 35 heavy (non-hydrogen) atoms. The number of nitrogens with one attached hydrogen (secondary N) is 2. The first-order chi connectivity index (χ1) is 16.7. The quantitative estimate of drug-likeness (QED) is 0.352. The topological polar surface area (TPSA) is 156 Å². The Kier molecular flexibility index (Phi) is 9.31. The van der Waals surface area contributed by atoms with Gasteiger partial charge in [0.1, 0.15) is 28.8 Å². The van der Waals surface area contributed by atoms with Crippen LogP contribution in [0.1, 0.15) is 22.3 Å². The molecule has 190 valence electrons. The molecule has 5 N–H and O–H groups in total. The van der Waals surface area contributed by atoms with Crippen molar-refractivity contribution in [2.24, 2.45) is 5.73 Å². The maximum atomic E-state index is 14.0. The lowest BCUT2D eigenvalue weighted by atomic mass is 10.2. The van der Waals surface area contributed by atoms with Crippen molar-refractivity contribution in [2.75, 3.05) is 38.2 Å². The van der Waals surface area contributed by atoms with Crippen molar-refractivity contribution in [1.82, 2.24) is 14.6 Å². The summed E-state index contributed by atoms with van der Waals surface area (Å²) in [5.41, 5.74) is 4.69. The van der Waals surface area contributed by atoms with Gasteiger partial charge < -0.3 is 30.5 Å². The van der Waals surface area contributed by atoms with Crippen molar-refractivity contribution in [3.63, 3.8) is 0 Å². The molecule has 0 aliphatic carbocycles. The number of amides is 4. The third-order valence-electron chi connectivity index (χ3n) is 4.87. The number of hydrogen-bond acceptors (Lipinski definition) is 8. The lowest BCUT2D eigenvalue weighted by Crippen LogP contribution is -2.43. The summed E-state index contributed by atoms with van der Waals surface area (Å²) in [6.07, 6.45) is -1.32. The largest absolute Gasteiger partial charge is 0.471 e. The van der Waals surface area contributed by atoms with Crippen LogP contribution in [0.4, 0.5) is 18.6 Å². The van der Waals surface area contributed by atoms with Crippen LogP contribution >= 0.6 is 27.5 Å². The Hall–Kier alpha value is -2.88. The average Bonchev–Trinajstić information content (AvgIpc) is 3.20. The van der Waals surface area contributed by atoms with E-state index in [1.165, 1.54) is 0 Å². The van der Waals surface area contributed by atoms with Crippen LogP contribution in [-0.2, 0) is 16.1 Å². The van der Waals surface area contributed by atoms with Gasteiger partial charge in [0.2, 0.25) is 11.8 Å². The second kappa shape index (κ2) is 12.2. The molecule has 11 nitrogen and oxygen atoms in total. The fourth-order valence-electron chi connectivity index (χ4n) is 3.10. The first-order valence-corrected chi connectivity index (χ1v) is 11.9. The summed E-state index contributed by atoms with van der Waals surface area (Å²) in [6, 6.07) is 1.31. The summed E-state index contributed by atoms with van der Waals surface area (Å²) in [7, 11) is 0. The molecule has 1 saturated heterocycles. The van der Waals surface area contributed by atoms with Crippen LogP contribution in [0.2, 0.25) is 0 Å². The standard InChI is InChI=1S/C20H22BrF2N5O6S/c21-10-5-13(22)12(14(23)6-10)9-34-18-16(17(24)31)19(35-27-18)26-20(32)25-8-11(29)7-15(30)28-1-3-33-4-2-28/h5-6,11,29H,1-4,7-9H2,(H2,24,31)(H2,25,26,32). The molecule has 1 aliphatic heterocycles. The molecule has 1 fully saturated rings. The number of morpholine rings is 1. The highest BCUT2D eigenvalue weighted by molar-refractivity contribution is 9.10. The number of hydrogen-bond donors (Lipinski definition) is 4. The Balaban J connectivity index is 1.55. The predicted octanol–water partition coefficient (Wildman–Crippen LogP) is 1.59. The number of benzene rings is 1. The highest BCUT2D eigenvalue weighted by Crippen LogP contribution is 2.31. The number of urea groups is 1. The van der Waals surface area contributed by atoms with Gasteiger partial charge in [-0.2, -0.15) is 4.37 Å². The van der Waals surface area contributed by atoms with E-state index in [9.17, 15) is 28.3 Å². The van der Waals surface area contributed by atoms with Crippen molar-refractivity contribution < 1.29 is 37.7 Å². The minimum Gasteiger partial charge on any atom is -0.471 e. The number of halogens is 3. The van der Waals surface area contributed by atoms with E-state index in [1.807, 2.05) is 0 Å². The van der Waals surface area contributed by atoms with Crippen molar-refractivity contribution >= 4 is 50.3 Å². The molecule has 0 saturated carbocycles. The molecule has 1 aliphatic rings. The van der Waals surface area contributed by atoms with E-state index in [0.717, 1.165) is 12.1 Å². The molecule has 3 rings (SSSR count). The maximum Gasteiger partial charge on any atom is 0.320 e. The number of rotatable bonds is 9. The zero-order chi connectivity index (χ0) is 25.5. The Morgan fingerprint density at radius 2 is 1.94 bits per heavy atom. The maximum absolute atomic E-state index is 14.0. The molecule has 1 unspecified atom stereocenters. The SMILES string of the molecule is NC(=O)c1c(OCc2c(F)cc(Br)cc2F)nsc1NC(=O)NCC(O)CC(=O)N1CCOCC1. The number of primary amides is 1. The van der Waals surface area contributed by atoms with Crippen LogP contribution < -0.4 is 21.1 Å². The molecule has 0 spiro atoms. The highest BCUT2D eigenvalue weighted by Gasteiger charge is 2.24. The number of carbonyl (C=O) groups is 3. The van der Waals surface area contributed by atoms with Gasteiger partial charge in [-0.25, -0.2) is 13.6 Å². The van der Waals surface area contributed by atoms with Gasteiger partial charge in [0.15, 0.2) is 0 Å². The molecule has 2 aromatic rings. The molecular weight excluding hydrogens is 556 g/mol. The Labute approximate surface area is 210 Å². The number of anilines is 1. The number of aliphatic hydroxyl groups excluding tert-OH is 1. The van der Waals surface area contributed by atoms with Gasteiger partial charge in [-0.15, -0.1) is 0 Å². The summed E-state index contributed by atoms with van der Waals surface area (Å²) in [5, 5.41) is 14.7. The van der Waals surface area contributed by atoms with Gasteiger partial charge in [0.25, 0.3) is 5.91 Å². The first-order valence-electron chi connectivity index (χ1n) is 10.3. The summed E-state index contributed by atoms with van der Waals surface area (Å²) < 4.78 is 42.6. The van der Waals surface area contributed by atoms with Crippen LogP contribution in [0, 0.1) is 11.6 Å². The molecule has 1 atom stereocenters. The third kappa shape index (κ3) is 7.30. The first kappa shape index (κ1) is 26.7. The highest BCUT2D eigenvalue weighted by atomic mass is 79.9. The molecule has 1 aromatic heterocycles. The van der Waals surface area contributed by atoms with E-state index in [1.54, 1.807) is 4.90 Å². The van der Waals surface area contributed by atoms with Gasteiger partial charge in [-0.3, -0.25) is 14.9 Å². The number of nitrogens with two attached hydrogens (primary N) is 1. The molecule has 0 radical (unpaired) electrons. The summed E-state index contributed by atoms with van der Waals surface area (Å²) in [5.74, 6) is -3.29. The van der Waals surface area contributed by atoms with Gasteiger partial charge in [0.05, 0.1) is 31.3 Å². The molecule has 0 bridgehead atoms. The summed E-state index contributed by atoms with van der Waals surface area (Å²) in [6.45, 7) is 0.914. The van der Waals surface area contributed by atoms with E-state index in [2.05, 4.69) is 30.9 Å². The third-order valence-corrected chi connectivity index (χ3v) is 6.07. The smallest absolute Gasteiger partial charge is 0.320 e. The van der Waals surface area contributed by atoms with Crippen molar-refractivity contribution in [1.29, 1.82) is 0 Å². The monoisotopic (exact) mass is 577 g/mol. The van der Waals surface area contributed by atoms with Crippen LogP contribution in [0.15, 0.2) is 16.6 Å². The number of aliphatic hydroxyl groups is 1. The lowest BCUT2D eigenvalue weighted by Gasteiger charge is -2.27. The summed E-state index contributed by atoms with van der Waals surface area (Å²) in [4.78, 5) is 37.8. The van der Waals surface area contributed by atoms with Crippen molar-refractivity contribution in [3.8, 4) is 5.88 Å². The number of nitrogens with zero attached hydrogens (tertiary/aromatic N) is 2. The normalized spacial score (nSPS) is 14.3. The predicted molar refractivity (Wildman–Crippen MR) is 124 cm³/mol. The van der Waals surface area contributed by atoms with Crippen LogP contribution in [0.25, 0.3) is 0 Å². The van der Waals surface area contributed by atoms with Crippen LogP contribution in [0.3, 0.4) is 0 Å². The Bertz CT molecular complexity index is 1070. The molecule has 1 aromatic carbocycles. The molecule has 4 amide bonds. The minimum absolute atomic E-state index is 0.0689. The van der Waals surface area contributed by atoms with Crippen LogP contribution in [0.5, 0.6) is 5.88 Å². The van der Waals surface area contributed by atoms with Crippen molar-refractivity contribution in [2.45, 2.75) is 19.1 Å². The van der Waals surface area contributed by atoms with Gasteiger partial charge >= 0.3 is 6.03 Å². The Morgan fingerprint density at radius 3 is 2.57 bits per heavy atom. The molecular formula is C20H22BrF2N5O6S. The number of ether oxygens (including phenoxy) is 2. The summed E-state index contributed by atoms with van der Waals surface area (Å²) >= 11 is 3.64. The van der Waals surface area contributed by atoms with E-state index < -0.39 is 36.3 Å². The van der Waals surface area contributed by atoms with Gasteiger partial charge in [-0.05, 0) is 23.7 Å². The fourth-order valence-corrected chi connectivity index (χ4v) is 4.24.